The number of fused-ring (bicyclic) bond motifs is 9. The van der Waals surface area contributed by atoms with Gasteiger partial charge in [0.2, 0.25) is 0 Å². The van der Waals surface area contributed by atoms with Crippen LogP contribution >= 0.6 is 11.3 Å². The van der Waals surface area contributed by atoms with E-state index in [1.54, 1.807) is 0 Å². The van der Waals surface area contributed by atoms with E-state index in [9.17, 15) is 0 Å². The second-order valence-corrected chi connectivity index (χ2v) is 15.5. The number of benzene rings is 8. The van der Waals surface area contributed by atoms with Crippen molar-refractivity contribution < 1.29 is 4.42 Å². The standard InChI is InChI=1S/C51H30N4OS/c1-3-11-31(12-4-1)49-52-50(54-51(53-49)35-20-23-39-38-16-8-10-18-45(38)56-46(39)29-35)34-22-26-47-42(28-34)40-24-19-33(30-48(40)57-47)32-21-25-44-41(27-32)37-15-7-9-17-43(37)55(44)36-13-5-2-6-14-36/h1-30H. The van der Waals surface area contributed by atoms with Crippen LogP contribution in [0.1, 0.15) is 0 Å². The molecule has 0 bridgehead atoms. The molecule has 266 valence electrons. The maximum Gasteiger partial charge on any atom is 0.164 e. The molecular formula is C51H30N4OS. The van der Waals surface area contributed by atoms with Gasteiger partial charge in [0.05, 0.1) is 11.0 Å². The summed E-state index contributed by atoms with van der Waals surface area (Å²) in [5.74, 6) is 1.86. The maximum atomic E-state index is 6.24. The third-order valence-electron chi connectivity index (χ3n) is 11.1. The molecule has 0 fully saturated rings. The molecule has 12 rings (SSSR count). The molecule has 0 aliphatic heterocycles. The minimum Gasteiger partial charge on any atom is -0.456 e. The van der Waals surface area contributed by atoms with Crippen LogP contribution in [0.5, 0.6) is 0 Å². The molecule has 0 radical (unpaired) electrons. The molecule has 4 heterocycles. The van der Waals surface area contributed by atoms with Gasteiger partial charge in [0.15, 0.2) is 17.5 Å². The van der Waals surface area contributed by atoms with E-state index >= 15 is 0 Å². The number of aromatic nitrogens is 4. The molecule has 6 heteroatoms. The van der Waals surface area contributed by atoms with Crippen LogP contribution in [0.4, 0.5) is 0 Å². The molecule has 57 heavy (non-hydrogen) atoms. The Balaban J connectivity index is 0.959. The zero-order valence-electron chi connectivity index (χ0n) is 30.4. The number of hydrogen-bond donors (Lipinski definition) is 0. The highest BCUT2D eigenvalue weighted by Crippen LogP contribution is 2.40. The second-order valence-electron chi connectivity index (χ2n) is 14.4. The largest absolute Gasteiger partial charge is 0.456 e. The monoisotopic (exact) mass is 746 g/mol. The Bertz CT molecular complexity index is 3530. The number of thiophene rings is 1. The Labute approximate surface area is 330 Å². The number of rotatable bonds is 5. The van der Waals surface area contributed by atoms with E-state index in [0.717, 1.165) is 44.3 Å². The smallest absolute Gasteiger partial charge is 0.164 e. The second kappa shape index (κ2) is 12.6. The Kier molecular flexibility index (Phi) is 7.03. The first-order valence-corrected chi connectivity index (χ1v) is 19.8. The van der Waals surface area contributed by atoms with Gasteiger partial charge in [0.1, 0.15) is 11.2 Å². The van der Waals surface area contributed by atoms with Crippen molar-refractivity contribution in [3.8, 4) is 51.0 Å². The van der Waals surface area contributed by atoms with Crippen LogP contribution in [-0.2, 0) is 0 Å². The van der Waals surface area contributed by atoms with Crippen molar-refractivity contribution in [3.05, 3.63) is 182 Å². The van der Waals surface area contributed by atoms with Crippen molar-refractivity contribution in [2.75, 3.05) is 0 Å². The van der Waals surface area contributed by atoms with Gasteiger partial charge in [0.25, 0.3) is 0 Å². The Morgan fingerprint density at radius 3 is 1.77 bits per heavy atom. The number of furan rings is 1. The molecule has 0 unspecified atom stereocenters. The van der Waals surface area contributed by atoms with Gasteiger partial charge in [-0.1, -0.05) is 109 Å². The third-order valence-corrected chi connectivity index (χ3v) is 12.2. The molecule has 0 saturated heterocycles. The molecule has 0 N–H and O–H groups in total. The quantitative estimate of drug-likeness (QED) is 0.176. The topological polar surface area (TPSA) is 56.7 Å². The molecule has 5 nitrogen and oxygen atoms in total. The number of nitrogens with zero attached hydrogens (tertiary/aromatic N) is 4. The fraction of sp³-hybridized carbons (Fsp3) is 0. The van der Waals surface area contributed by atoms with Crippen LogP contribution in [0.3, 0.4) is 0 Å². The molecule has 0 spiro atoms. The minimum atomic E-state index is 0.602. The van der Waals surface area contributed by atoms with Crippen molar-refractivity contribution in [2.24, 2.45) is 0 Å². The fourth-order valence-electron chi connectivity index (χ4n) is 8.32. The van der Waals surface area contributed by atoms with Gasteiger partial charge in [-0.2, -0.15) is 0 Å². The molecule has 0 saturated carbocycles. The van der Waals surface area contributed by atoms with Crippen LogP contribution in [0.15, 0.2) is 186 Å². The lowest BCUT2D eigenvalue weighted by Gasteiger charge is -2.09. The van der Waals surface area contributed by atoms with E-state index in [0.29, 0.717) is 17.5 Å². The third kappa shape index (κ3) is 5.19. The number of hydrogen-bond acceptors (Lipinski definition) is 5. The first kappa shape index (κ1) is 31.9. The summed E-state index contributed by atoms with van der Waals surface area (Å²) in [7, 11) is 0. The molecular weight excluding hydrogens is 717 g/mol. The fourth-order valence-corrected chi connectivity index (χ4v) is 9.44. The Morgan fingerprint density at radius 2 is 0.930 bits per heavy atom. The van der Waals surface area contributed by atoms with Gasteiger partial charge in [0, 0.05) is 64.1 Å². The summed E-state index contributed by atoms with van der Waals surface area (Å²) in [5.41, 5.74) is 10.4. The Morgan fingerprint density at radius 1 is 0.351 bits per heavy atom. The summed E-state index contributed by atoms with van der Waals surface area (Å²) in [5, 5.41) is 7.07. The van der Waals surface area contributed by atoms with Gasteiger partial charge in [-0.05, 0) is 83.9 Å². The van der Waals surface area contributed by atoms with Crippen molar-refractivity contribution in [1.29, 1.82) is 0 Å². The Hall–Kier alpha value is -7.41. The lowest BCUT2D eigenvalue weighted by atomic mass is 10.0. The van der Waals surface area contributed by atoms with Gasteiger partial charge < -0.3 is 8.98 Å². The van der Waals surface area contributed by atoms with Crippen LogP contribution in [0, 0.1) is 0 Å². The van der Waals surface area contributed by atoms with Crippen molar-refractivity contribution in [1.82, 2.24) is 19.5 Å². The maximum absolute atomic E-state index is 6.24. The molecule has 0 amide bonds. The highest BCUT2D eigenvalue weighted by molar-refractivity contribution is 7.25. The molecule has 0 aliphatic carbocycles. The first-order valence-electron chi connectivity index (χ1n) is 19.0. The lowest BCUT2D eigenvalue weighted by Crippen LogP contribution is -2.00. The normalized spacial score (nSPS) is 11.9. The van der Waals surface area contributed by atoms with E-state index in [1.165, 1.54) is 53.1 Å². The van der Waals surface area contributed by atoms with Crippen molar-refractivity contribution in [2.45, 2.75) is 0 Å². The highest BCUT2D eigenvalue weighted by atomic mass is 32.1. The van der Waals surface area contributed by atoms with E-state index in [-0.39, 0.29) is 0 Å². The van der Waals surface area contributed by atoms with Gasteiger partial charge in [-0.25, -0.2) is 15.0 Å². The van der Waals surface area contributed by atoms with Crippen molar-refractivity contribution >= 4 is 75.3 Å². The molecule has 0 aliphatic rings. The number of para-hydroxylation sites is 3. The van der Waals surface area contributed by atoms with E-state index in [2.05, 4.69) is 132 Å². The highest BCUT2D eigenvalue weighted by Gasteiger charge is 2.17. The van der Waals surface area contributed by atoms with Crippen LogP contribution < -0.4 is 0 Å². The van der Waals surface area contributed by atoms with E-state index < -0.39 is 0 Å². The predicted molar refractivity (Wildman–Crippen MR) is 236 cm³/mol. The SMILES string of the molecule is c1ccc(-c2nc(-c3ccc4c(c3)oc3ccccc34)nc(-c3ccc4sc5cc(-c6ccc7c(c6)c6ccccc6n7-c6ccccc6)ccc5c4c3)n2)cc1. The zero-order valence-corrected chi connectivity index (χ0v) is 31.2. The van der Waals surface area contributed by atoms with E-state index in [4.69, 9.17) is 19.4 Å². The van der Waals surface area contributed by atoms with Crippen LogP contribution in [0.2, 0.25) is 0 Å². The van der Waals surface area contributed by atoms with Crippen LogP contribution in [-0.4, -0.2) is 19.5 Å². The molecule has 12 aromatic rings. The van der Waals surface area contributed by atoms with Gasteiger partial charge >= 0.3 is 0 Å². The minimum absolute atomic E-state index is 0.602. The molecule has 0 atom stereocenters. The first-order chi connectivity index (χ1) is 28.2. The van der Waals surface area contributed by atoms with Gasteiger partial charge in [-0.15, -0.1) is 11.3 Å². The average Bonchev–Trinajstić information content (AvgIpc) is 3.95. The van der Waals surface area contributed by atoms with Crippen molar-refractivity contribution in [3.63, 3.8) is 0 Å². The summed E-state index contributed by atoms with van der Waals surface area (Å²) in [4.78, 5) is 15.1. The summed E-state index contributed by atoms with van der Waals surface area (Å²) < 4.78 is 11.1. The van der Waals surface area contributed by atoms with Gasteiger partial charge in [-0.3, -0.25) is 0 Å². The predicted octanol–water partition coefficient (Wildman–Crippen LogP) is 13.9. The summed E-state index contributed by atoms with van der Waals surface area (Å²) >= 11 is 1.82. The summed E-state index contributed by atoms with van der Waals surface area (Å²) in [6.45, 7) is 0. The van der Waals surface area contributed by atoms with E-state index in [1.807, 2.05) is 65.9 Å². The summed E-state index contributed by atoms with van der Waals surface area (Å²) in [6.07, 6.45) is 0. The average molecular weight is 747 g/mol. The lowest BCUT2D eigenvalue weighted by molar-refractivity contribution is 0.669. The molecule has 4 aromatic heterocycles. The summed E-state index contributed by atoms with van der Waals surface area (Å²) in [6, 6.07) is 64.0. The van der Waals surface area contributed by atoms with Crippen LogP contribution in [0.25, 0.3) is 115 Å². The molecule has 8 aromatic carbocycles. The zero-order chi connectivity index (χ0) is 37.5.